The molecule has 1 atom stereocenters. The summed E-state index contributed by atoms with van der Waals surface area (Å²) < 4.78 is 5.38. The molecule has 0 radical (unpaired) electrons. The summed E-state index contributed by atoms with van der Waals surface area (Å²) in [5, 5.41) is 19.6. The lowest BCUT2D eigenvalue weighted by Gasteiger charge is -2.19. The fourth-order valence-corrected chi connectivity index (χ4v) is 3.52. The van der Waals surface area contributed by atoms with Crippen molar-refractivity contribution >= 4 is 23.0 Å². The molecule has 0 aliphatic carbocycles. The number of nitrogens with zero attached hydrogens (tertiary/aromatic N) is 2. The number of non-ortho nitro benzene ring substituents is 1. The molecule has 0 fully saturated rings. The number of hydrogen-bond donors (Lipinski definition) is 2. The van der Waals surface area contributed by atoms with Crippen molar-refractivity contribution in [3.05, 3.63) is 86.5 Å². The van der Waals surface area contributed by atoms with Gasteiger partial charge in [0.1, 0.15) is 5.76 Å². The summed E-state index contributed by atoms with van der Waals surface area (Å²) in [6.45, 7) is 3.05. The number of nitro benzene ring substituents is 1. The molecule has 1 unspecified atom stereocenters. The van der Waals surface area contributed by atoms with E-state index in [-0.39, 0.29) is 11.7 Å². The van der Waals surface area contributed by atoms with Crippen LogP contribution in [0.3, 0.4) is 0 Å². The van der Waals surface area contributed by atoms with Crippen molar-refractivity contribution in [3.63, 3.8) is 0 Å². The second kappa shape index (κ2) is 9.70. The molecule has 8 heteroatoms. The Morgan fingerprint density at radius 2 is 2.07 bits per heavy atom. The Kier molecular flexibility index (Phi) is 6.80. The first-order valence-corrected chi connectivity index (χ1v) is 9.87. The van der Waals surface area contributed by atoms with E-state index < -0.39 is 4.92 Å². The number of guanidine groups is 1. The van der Waals surface area contributed by atoms with Gasteiger partial charge in [-0.2, -0.15) is 0 Å². The molecule has 28 heavy (non-hydrogen) atoms. The average molecular weight is 398 g/mol. The first-order valence-electron chi connectivity index (χ1n) is 8.99. The standard InChI is InChI=1S/C20H22N4O3S/c1-2-18(19-6-4-12-28-19)23-20(22-14-17-5-3-11-27-17)21-13-15-7-9-16(10-8-15)24(25)26/h3-12,18H,2,13-14H2,1H3,(H2,21,22,23). The van der Waals surface area contributed by atoms with E-state index in [4.69, 9.17) is 4.42 Å². The van der Waals surface area contributed by atoms with Crippen LogP contribution in [0.25, 0.3) is 0 Å². The first-order chi connectivity index (χ1) is 13.7. The molecule has 0 saturated heterocycles. The Bertz CT molecular complexity index is 890. The normalized spacial score (nSPS) is 12.5. The van der Waals surface area contributed by atoms with Crippen molar-refractivity contribution < 1.29 is 9.34 Å². The zero-order valence-electron chi connectivity index (χ0n) is 15.5. The molecule has 0 amide bonds. The molecule has 0 aliphatic heterocycles. The van der Waals surface area contributed by atoms with E-state index in [1.54, 1.807) is 29.7 Å². The molecule has 2 heterocycles. The third-order valence-corrected chi connectivity index (χ3v) is 5.17. The topological polar surface area (TPSA) is 92.7 Å². The summed E-state index contributed by atoms with van der Waals surface area (Å²) in [5.74, 6) is 1.48. The van der Waals surface area contributed by atoms with Crippen LogP contribution >= 0.6 is 11.3 Å². The predicted octanol–water partition coefficient (Wildman–Crippen LogP) is 4.64. The van der Waals surface area contributed by atoms with Crippen LogP contribution in [0.5, 0.6) is 0 Å². The molecule has 3 rings (SSSR count). The molecule has 7 nitrogen and oxygen atoms in total. The van der Waals surface area contributed by atoms with Crippen LogP contribution in [0.15, 0.2) is 69.6 Å². The zero-order chi connectivity index (χ0) is 19.8. The third-order valence-electron chi connectivity index (χ3n) is 4.18. The van der Waals surface area contributed by atoms with Gasteiger partial charge in [-0.1, -0.05) is 25.1 Å². The summed E-state index contributed by atoms with van der Waals surface area (Å²) in [5.41, 5.74) is 0.972. The monoisotopic (exact) mass is 398 g/mol. The van der Waals surface area contributed by atoms with Gasteiger partial charge in [0, 0.05) is 17.0 Å². The van der Waals surface area contributed by atoms with Crippen molar-refractivity contribution in [2.45, 2.75) is 32.5 Å². The lowest BCUT2D eigenvalue weighted by Crippen LogP contribution is -2.39. The van der Waals surface area contributed by atoms with Crippen LogP contribution in [0.1, 0.15) is 35.6 Å². The van der Waals surface area contributed by atoms with Crippen molar-refractivity contribution in [3.8, 4) is 0 Å². The minimum absolute atomic E-state index is 0.0748. The summed E-state index contributed by atoms with van der Waals surface area (Å²) in [6, 6.07) is 14.5. The number of nitrogens with one attached hydrogen (secondary N) is 2. The largest absolute Gasteiger partial charge is 0.467 e. The van der Waals surface area contributed by atoms with E-state index in [2.05, 4.69) is 34.0 Å². The average Bonchev–Trinajstić information content (AvgIpc) is 3.42. The third kappa shape index (κ3) is 5.43. The van der Waals surface area contributed by atoms with E-state index in [0.29, 0.717) is 19.0 Å². The van der Waals surface area contributed by atoms with Gasteiger partial charge in [0.15, 0.2) is 5.96 Å². The van der Waals surface area contributed by atoms with Gasteiger partial charge in [0.05, 0.1) is 30.3 Å². The summed E-state index contributed by atoms with van der Waals surface area (Å²) in [4.78, 5) is 16.3. The second-order valence-electron chi connectivity index (χ2n) is 6.14. The Balaban J connectivity index is 1.71. The molecule has 0 saturated carbocycles. The fourth-order valence-electron chi connectivity index (χ4n) is 2.66. The number of rotatable bonds is 8. The summed E-state index contributed by atoms with van der Waals surface area (Å²) in [6.07, 6.45) is 2.55. The van der Waals surface area contributed by atoms with Crippen LogP contribution in [0.4, 0.5) is 5.69 Å². The number of hydrogen-bond acceptors (Lipinski definition) is 5. The van der Waals surface area contributed by atoms with Gasteiger partial charge in [-0.05, 0) is 35.6 Å². The Hall–Kier alpha value is -3.13. The van der Waals surface area contributed by atoms with Crippen LogP contribution in [-0.2, 0) is 13.1 Å². The molecule has 0 spiro atoms. The van der Waals surface area contributed by atoms with Crippen LogP contribution in [-0.4, -0.2) is 10.9 Å². The van der Waals surface area contributed by atoms with E-state index in [0.717, 1.165) is 17.7 Å². The Labute approximate surface area is 167 Å². The zero-order valence-corrected chi connectivity index (χ0v) is 16.3. The molecule has 146 valence electrons. The highest BCUT2D eigenvalue weighted by molar-refractivity contribution is 7.10. The van der Waals surface area contributed by atoms with Crippen molar-refractivity contribution in [1.82, 2.24) is 10.6 Å². The molecule has 1 aromatic carbocycles. The number of nitro groups is 1. The van der Waals surface area contributed by atoms with Gasteiger partial charge in [0.2, 0.25) is 0 Å². The molecular weight excluding hydrogens is 376 g/mol. The quantitative estimate of drug-likeness (QED) is 0.250. The molecule has 2 N–H and O–H groups in total. The SMILES string of the molecule is CCC(NC(=NCc1ccc([N+](=O)[O-])cc1)NCc1ccco1)c1cccs1. The van der Waals surface area contributed by atoms with Gasteiger partial charge in [0.25, 0.3) is 5.69 Å². The van der Waals surface area contributed by atoms with E-state index in [1.807, 2.05) is 18.2 Å². The molecule has 2 aromatic heterocycles. The van der Waals surface area contributed by atoms with Gasteiger partial charge in [-0.15, -0.1) is 11.3 Å². The summed E-state index contributed by atoms with van der Waals surface area (Å²) >= 11 is 1.70. The smallest absolute Gasteiger partial charge is 0.269 e. The number of aliphatic imine (C=N–C) groups is 1. The summed E-state index contributed by atoms with van der Waals surface area (Å²) in [7, 11) is 0. The maximum absolute atomic E-state index is 10.8. The van der Waals surface area contributed by atoms with Crippen molar-refractivity contribution in [2.24, 2.45) is 4.99 Å². The lowest BCUT2D eigenvalue weighted by molar-refractivity contribution is -0.384. The number of furan rings is 1. The molecule has 0 aliphatic rings. The molecular formula is C20H22N4O3S. The molecule has 0 bridgehead atoms. The maximum atomic E-state index is 10.8. The molecule has 3 aromatic rings. The van der Waals surface area contributed by atoms with Crippen molar-refractivity contribution in [2.75, 3.05) is 0 Å². The number of thiophene rings is 1. The highest BCUT2D eigenvalue weighted by atomic mass is 32.1. The second-order valence-corrected chi connectivity index (χ2v) is 7.12. The Morgan fingerprint density at radius 1 is 1.25 bits per heavy atom. The van der Waals surface area contributed by atoms with E-state index >= 15 is 0 Å². The van der Waals surface area contributed by atoms with Gasteiger partial charge < -0.3 is 15.1 Å². The highest BCUT2D eigenvalue weighted by Gasteiger charge is 2.13. The highest BCUT2D eigenvalue weighted by Crippen LogP contribution is 2.21. The minimum Gasteiger partial charge on any atom is -0.467 e. The van der Waals surface area contributed by atoms with Crippen molar-refractivity contribution in [1.29, 1.82) is 0 Å². The van der Waals surface area contributed by atoms with E-state index in [9.17, 15) is 10.1 Å². The number of benzene rings is 1. The minimum atomic E-state index is -0.405. The van der Waals surface area contributed by atoms with Crippen LogP contribution in [0.2, 0.25) is 0 Å². The first kappa shape index (κ1) is 19.6. The van der Waals surface area contributed by atoms with Gasteiger partial charge >= 0.3 is 0 Å². The lowest BCUT2D eigenvalue weighted by atomic mass is 10.2. The fraction of sp³-hybridized carbons (Fsp3) is 0.250. The maximum Gasteiger partial charge on any atom is 0.269 e. The predicted molar refractivity (Wildman–Crippen MR) is 110 cm³/mol. The van der Waals surface area contributed by atoms with Gasteiger partial charge in [-0.3, -0.25) is 10.1 Å². The van der Waals surface area contributed by atoms with Crippen LogP contribution < -0.4 is 10.6 Å². The van der Waals surface area contributed by atoms with Gasteiger partial charge in [-0.25, -0.2) is 4.99 Å². The van der Waals surface area contributed by atoms with E-state index in [1.165, 1.54) is 17.0 Å². The Morgan fingerprint density at radius 3 is 2.68 bits per heavy atom. The van der Waals surface area contributed by atoms with Crippen LogP contribution in [0, 0.1) is 10.1 Å².